The van der Waals surface area contributed by atoms with Crippen molar-refractivity contribution < 1.29 is 9.53 Å². The minimum Gasteiger partial charge on any atom is -0.474 e. The molecule has 1 fully saturated rings. The number of fused-ring (bicyclic) bond motifs is 1. The number of hydrogen-bond donors (Lipinski definition) is 5. The van der Waals surface area contributed by atoms with Crippen LogP contribution < -0.4 is 36.5 Å². The highest BCUT2D eigenvalue weighted by Gasteiger charge is 2.21. The lowest BCUT2D eigenvalue weighted by molar-refractivity contribution is 0.102. The van der Waals surface area contributed by atoms with Gasteiger partial charge in [0.2, 0.25) is 5.88 Å². The van der Waals surface area contributed by atoms with Gasteiger partial charge in [-0.15, -0.1) is 0 Å². The minimum atomic E-state index is -0.559. The second kappa shape index (κ2) is 9.40. The Morgan fingerprint density at radius 2 is 1.91 bits per heavy atom. The number of nitrogens with zero attached hydrogens (tertiary/aromatic N) is 3. The van der Waals surface area contributed by atoms with Crippen molar-refractivity contribution in [3.05, 3.63) is 58.3 Å². The van der Waals surface area contributed by atoms with Crippen LogP contribution in [0.3, 0.4) is 0 Å². The number of aromatic nitrogens is 3. The third-order valence-corrected chi connectivity index (χ3v) is 5.89. The fourth-order valence-electron chi connectivity index (χ4n) is 4.05. The van der Waals surface area contributed by atoms with Crippen LogP contribution in [0, 0.1) is 6.92 Å². The average Bonchev–Trinajstić information content (AvgIpc) is 2.87. The van der Waals surface area contributed by atoms with Crippen LogP contribution in [0.15, 0.2) is 41.6 Å². The van der Waals surface area contributed by atoms with Crippen LogP contribution >= 0.6 is 0 Å². The van der Waals surface area contributed by atoms with E-state index in [1.807, 2.05) is 31.2 Å². The van der Waals surface area contributed by atoms with Crippen LogP contribution in [0.5, 0.6) is 5.88 Å². The van der Waals surface area contributed by atoms with E-state index < -0.39 is 11.5 Å². The molecule has 0 bridgehead atoms. The van der Waals surface area contributed by atoms with E-state index in [2.05, 4.69) is 41.1 Å². The van der Waals surface area contributed by atoms with Gasteiger partial charge in [0.1, 0.15) is 17.9 Å². The van der Waals surface area contributed by atoms with Gasteiger partial charge in [0, 0.05) is 49.7 Å². The normalized spacial score (nSPS) is 15.0. The number of anilines is 5. The lowest BCUT2D eigenvalue weighted by Crippen LogP contribution is -2.43. The Balaban J connectivity index is 1.36. The van der Waals surface area contributed by atoms with Crippen molar-refractivity contribution >= 4 is 34.5 Å². The molecule has 0 spiro atoms. The molecule has 34 heavy (non-hydrogen) atoms. The number of nitrogens with one attached hydrogen (secondary N) is 5. The lowest BCUT2D eigenvalue weighted by atomic mass is 10.1. The van der Waals surface area contributed by atoms with Gasteiger partial charge in [0.05, 0.1) is 18.2 Å². The Morgan fingerprint density at radius 1 is 1.12 bits per heavy atom. The molecular formula is C23H26N8O3. The highest BCUT2D eigenvalue weighted by molar-refractivity contribution is 6.07. The highest BCUT2D eigenvalue weighted by Crippen LogP contribution is 2.34. The number of rotatable bonds is 5. The Labute approximate surface area is 196 Å². The topological polar surface area (TPSA) is 136 Å². The number of ether oxygens (including phenoxy) is 1. The Bertz CT molecular complexity index is 1250. The van der Waals surface area contributed by atoms with Crippen LogP contribution in [0.2, 0.25) is 0 Å². The number of carbonyl (C=O) groups is 1. The van der Waals surface area contributed by atoms with E-state index in [0.29, 0.717) is 30.4 Å². The summed E-state index contributed by atoms with van der Waals surface area (Å²) in [6.07, 6.45) is 2.85. The van der Waals surface area contributed by atoms with Gasteiger partial charge >= 0.3 is 0 Å². The van der Waals surface area contributed by atoms with E-state index in [1.54, 1.807) is 6.20 Å². The molecule has 176 valence electrons. The zero-order chi connectivity index (χ0) is 23.5. The van der Waals surface area contributed by atoms with Gasteiger partial charge in [-0.05, 0) is 31.2 Å². The van der Waals surface area contributed by atoms with E-state index in [4.69, 9.17) is 4.74 Å². The first-order valence-electron chi connectivity index (χ1n) is 11.2. The van der Waals surface area contributed by atoms with E-state index in [0.717, 1.165) is 43.1 Å². The molecular weight excluding hydrogens is 436 g/mol. The molecule has 0 aliphatic carbocycles. The van der Waals surface area contributed by atoms with Crippen molar-refractivity contribution in [3.63, 3.8) is 0 Å². The molecule has 1 aromatic carbocycles. The predicted molar refractivity (Wildman–Crippen MR) is 131 cm³/mol. The number of hydrogen-bond acceptors (Lipinski definition) is 9. The minimum absolute atomic E-state index is 0.116. The number of piperazine rings is 1. The quantitative estimate of drug-likeness (QED) is 0.384. The zero-order valence-electron chi connectivity index (χ0n) is 18.8. The molecule has 5 N–H and O–H groups in total. The molecule has 5 rings (SSSR count). The number of aromatic amines is 1. The third kappa shape index (κ3) is 4.37. The van der Waals surface area contributed by atoms with Gasteiger partial charge < -0.3 is 35.9 Å². The Kier molecular flexibility index (Phi) is 6.00. The number of amides is 1. The Morgan fingerprint density at radius 3 is 2.71 bits per heavy atom. The molecule has 2 aliphatic heterocycles. The fourth-order valence-corrected chi connectivity index (χ4v) is 4.05. The number of benzene rings is 1. The second-order valence-corrected chi connectivity index (χ2v) is 8.07. The van der Waals surface area contributed by atoms with Gasteiger partial charge in [0.25, 0.3) is 11.5 Å². The maximum absolute atomic E-state index is 13.1. The summed E-state index contributed by atoms with van der Waals surface area (Å²) in [5.41, 5.74) is 3.26. The van der Waals surface area contributed by atoms with E-state index >= 15 is 0 Å². The summed E-state index contributed by atoms with van der Waals surface area (Å²) in [6.45, 7) is 6.87. The molecule has 0 radical (unpaired) electrons. The fraction of sp³-hybridized carbons (Fsp3) is 0.304. The van der Waals surface area contributed by atoms with Gasteiger partial charge in [-0.25, -0.2) is 9.97 Å². The number of H-pyrrole nitrogens is 1. The van der Waals surface area contributed by atoms with E-state index in [-0.39, 0.29) is 11.4 Å². The van der Waals surface area contributed by atoms with Crippen molar-refractivity contribution in [2.24, 2.45) is 0 Å². The lowest BCUT2D eigenvalue weighted by Gasteiger charge is -2.29. The SMILES string of the molecule is Cc1c(Nc2nc[nH]c(=O)c2C(=O)Nc2ccc(N3CCNCC3)cc2)cnc2c1NCCO2. The van der Waals surface area contributed by atoms with Crippen molar-refractivity contribution in [2.45, 2.75) is 6.92 Å². The van der Waals surface area contributed by atoms with Crippen LogP contribution in [0.1, 0.15) is 15.9 Å². The maximum atomic E-state index is 13.1. The highest BCUT2D eigenvalue weighted by atomic mass is 16.5. The first-order valence-corrected chi connectivity index (χ1v) is 11.2. The molecule has 4 heterocycles. The summed E-state index contributed by atoms with van der Waals surface area (Å²) in [5, 5.41) is 12.5. The Hall–Kier alpha value is -4.12. The molecule has 2 aliphatic rings. The second-order valence-electron chi connectivity index (χ2n) is 8.07. The van der Waals surface area contributed by atoms with Crippen molar-refractivity contribution in [2.75, 3.05) is 60.2 Å². The molecule has 11 heteroatoms. The van der Waals surface area contributed by atoms with Gasteiger partial charge in [0.15, 0.2) is 5.82 Å². The first-order chi connectivity index (χ1) is 16.6. The molecule has 0 unspecified atom stereocenters. The summed E-state index contributed by atoms with van der Waals surface area (Å²) >= 11 is 0. The average molecular weight is 463 g/mol. The predicted octanol–water partition coefficient (Wildman–Crippen LogP) is 1.68. The molecule has 3 aromatic rings. The van der Waals surface area contributed by atoms with E-state index in [1.165, 1.54) is 6.33 Å². The maximum Gasteiger partial charge on any atom is 0.265 e. The van der Waals surface area contributed by atoms with Crippen molar-refractivity contribution in [3.8, 4) is 5.88 Å². The zero-order valence-corrected chi connectivity index (χ0v) is 18.8. The smallest absolute Gasteiger partial charge is 0.265 e. The third-order valence-electron chi connectivity index (χ3n) is 5.89. The molecule has 11 nitrogen and oxygen atoms in total. The van der Waals surface area contributed by atoms with Crippen molar-refractivity contribution in [1.82, 2.24) is 20.3 Å². The molecule has 1 saturated heterocycles. The number of pyridine rings is 1. The van der Waals surface area contributed by atoms with Gasteiger partial charge in [-0.2, -0.15) is 0 Å². The first kappa shape index (κ1) is 21.7. The van der Waals surface area contributed by atoms with Gasteiger partial charge in [-0.3, -0.25) is 9.59 Å². The van der Waals surface area contributed by atoms with Gasteiger partial charge in [-0.1, -0.05) is 0 Å². The van der Waals surface area contributed by atoms with Crippen molar-refractivity contribution in [1.29, 1.82) is 0 Å². The van der Waals surface area contributed by atoms with Crippen LogP contribution in [0.25, 0.3) is 0 Å². The molecule has 0 atom stereocenters. The molecule has 1 amide bonds. The molecule has 0 saturated carbocycles. The van der Waals surface area contributed by atoms with Crippen LogP contribution in [-0.4, -0.2) is 60.2 Å². The van der Waals surface area contributed by atoms with Crippen LogP contribution in [0.4, 0.5) is 28.6 Å². The largest absolute Gasteiger partial charge is 0.474 e. The van der Waals surface area contributed by atoms with Crippen LogP contribution in [-0.2, 0) is 0 Å². The number of carbonyl (C=O) groups excluding carboxylic acids is 1. The summed E-state index contributed by atoms with van der Waals surface area (Å²) in [4.78, 5) is 38.9. The standard InChI is InChI=1S/C23H26N8O3/c1-14-17(12-26-23-19(14)25-8-11-34-23)30-20-18(21(32)28-13-27-20)22(33)29-15-2-4-16(5-3-15)31-9-6-24-7-10-31/h2-5,12-13,24-25H,6-11H2,1H3,(H,29,33)(H2,27,28,30,32). The summed E-state index contributed by atoms with van der Waals surface area (Å²) in [5.74, 6) is 0.104. The monoisotopic (exact) mass is 462 g/mol. The summed E-state index contributed by atoms with van der Waals surface area (Å²) in [6, 6.07) is 7.59. The van der Waals surface area contributed by atoms with E-state index in [9.17, 15) is 9.59 Å². The molecule has 2 aromatic heterocycles. The summed E-state index contributed by atoms with van der Waals surface area (Å²) in [7, 11) is 0. The summed E-state index contributed by atoms with van der Waals surface area (Å²) < 4.78 is 5.56.